The molecule has 2 N–H and O–H groups in total. The van der Waals surface area contributed by atoms with Crippen molar-refractivity contribution in [2.24, 2.45) is 0 Å². The first-order chi connectivity index (χ1) is 9.77. The Morgan fingerprint density at radius 3 is 2.24 bits per heavy atom. The van der Waals surface area contributed by atoms with Crippen molar-refractivity contribution < 1.29 is 9.90 Å². The van der Waals surface area contributed by atoms with Crippen LogP contribution in [-0.4, -0.2) is 11.0 Å². The Balaban J connectivity index is 2.14. The van der Waals surface area contributed by atoms with Gasteiger partial charge in [-0.25, -0.2) is 0 Å². The second-order valence-electron chi connectivity index (χ2n) is 5.95. The zero-order valence-corrected chi connectivity index (χ0v) is 13.0. The van der Waals surface area contributed by atoms with Crippen molar-refractivity contribution in [3.63, 3.8) is 0 Å². The number of hydrogen-bond acceptors (Lipinski definition) is 2. The number of halogens is 1. The highest BCUT2D eigenvalue weighted by Gasteiger charge is 2.13. The minimum atomic E-state index is -0.264. The van der Waals surface area contributed by atoms with Gasteiger partial charge in [0.25, 0.3) is 5.91 Å². The van der Waals surface area contributed by atoms with Crippen LogP contribution in [0.1, 0.15) is 36.7 Å². The maximum atomic E-state index is 12.1. The van der Waals surface area contributed by atoms with E-state index in [9.17, 15) is 9.90 Å². The van der Waals surface area contributed by atoms with E-state index in [0.717, 1.165) is 5.69 Å². The number of aromatic hydroxyl groups is 1. The first kappa shape index (κ1) is 15.4. The maximum absolute atomic E-state index is 12.1. The van der Waals surface area contributed by atoms with Crippen LogP contribution in [0.4, 0.5) is 5.69 Å². The van der Waals surface area contributed by atoms with Gasteiger partial charge in [-0.1, -0.05) is 44.5 Å². The molecule has 0 atom stereocenters. The fourth-order valence-corrected chi connectivity index (χ4v) is 2.09. The number of rotatable bonds is 2. The van der Waals surface area contributed by atoms with Crippen LogP contribution in [0.2, 0.25) is 5.02 Å². The number of carbonyl (C=O) groups excluding carboxylic acids is 1. The van der Waals surface area contributed by atoms with E-state index in [2.05, 4.69) is 26.1 Å². The van der Waals surface area contributed by atoms with Crippen molar-refractivity contribution in [2.75, 3.05) is 5.32 Å². The predicted octanol–water partition coefficient (Wildman–Crippen LogP) is 4.60. The van der Waals surface area contributed by atoms with Crippen molar-refractivity contribution in [1.82, 2.24) is 0 Å². The molecular weight excluding hydrogens is 286 g/mol. The fourth-order valence-electron chi connectivity index (χ4n) is 1.90. The summed E-state index contributed by atoms with van der Waals surface area (Å²) in [4.78, 5) is 12.1. The second-order valence-corrected chi connectivity index (χ2v) is 6.35. The lowest BCUT2D eigenvalue weighted by atomic mass is 9.87. The van der Waals surface area contributed by atoms with Crippen molar-refractivity contribution >= 4 is 23.2 Å². The molecule has 0 saturated carbocycles. The highest BCUT2D eigenvalue weighted by atomic mass is 35.5. The average Bonchev–Trinajstić information content (AvgIpc) is 2.41. The molecule has 0 saturated heterocycles. The summed E-state index contributed by atoms with van der Waals surface area (Å²) in [7, 11) is 0. The monoisotopic (exact) mass is 303 g/mol. The number of phenolic OH excluding ortho intramolecular Hbond substituents is 1. The van der Waals surface area contributed by atoms with Crippen molar-refractivity contribution in [1.29, 1.82) is 0 Å². The van der Waals surface area contributed by atoms with Crippen LogP contribution in [0.25, 0.3) is 0 Å². The molecule has 0 bridgehead atoms. The van der Waals surface area contributed by atoms with E-state index in [4.69, 9.17) is 11.6 Å². The van der Waals surface area contributed by atoms with Crippen LogP contribution < -0.4 is 5.32 Å². The molecule has 110 valence electrons. The van der Waals surface area contributed by atoms with Gasteiger partial charge in [0.05, 0.1) is 5.02 Å². The lowest BCUT2D eigenvalue weighted by Crippen LogP contribution is -2.13. The van der Waals surface area contributed by atoms with Gasteiger partial charge >= 0.3 is 0 Å². The predicted molar refractivity (Wildman–Crippen MR) is 86.2 cm³/mol. The van der Waals surface area contributed by atoms with Gasteiger partial charge in [-0.15, -0.1) is 0 Å². The van der Waals surface area contributed by atoms with Crippen molar-refractivity contribution in [3.05, 3.63) is 58.6 Å². The molecule has 0 spiro atoms. The minimum Gasteiger partial charge on any atom is -0.506 e. The van der Waals surface area contributed by atoms with Gasteiger partial charge in [0.15, 0.2) is 0 Å². The van der Waals surface area contributed by atoms with Crippen LogP contribution in [0, 0.1) is 0 Å². The van der Waals surface area contributed by atoms with Gasteiger partial charge in [0.1, 0.15) is 5.75 Å². The van der Waals surface area contributed by atoms with Crippen molar-refractivity contribution in [2.45, 2.75) is 26.2 Å². The first-order valence-electron chi connectivity index (χ1n) is 6.68. The molecule has 2 aromatic carbocycles. The van der Waals surface area contributed by atoms with Crippen LogP contribution >= 0.6 is 11.6 Å². The molecule has 0 aliphatic heterocycles. The Bertz CT molecular complexity index is 657. The summed E-state index contributed by atoms with van der Waals surface area (Å²) >= 11 is 5.80. The topological polar surface area (TPSA) is 49.3 Å². The number of amides is 1. The van der Waals surface area contributed by atoms with Crippen LogP contribution in [0.5, 0.6) is 5.75 Å². The van der Waals surface area contributed by atoms with Crippen LogP contribution in [-0.2, 0) is 5.41 Å². The summed E-state index contributed by atoms with van der Waals surface area (Å²) in [5.41, 5.74) is 2.40. The number of carbonyl (C=O) groups is 1. The lowest BCUT2D eigenvalue weighted by molar-refractivity contribution is 0.102. The maximum Gasteiger partial charge on any atom is 0.255 e. The van der Waals surface area contributed by atoms with E-state index in [0.29, 0.717) is 5.56 Å². The number of nitrogens with one attached hydrogen (secondary N) is 1. The number of hydrogen-bond donors (Lipinski definition) is 2. The summed E-state index contributed by atoms with van der Waals surface area (Å²) in [6.45, 7) is 6.41. The molecule has 0 heterocycles. The Labute approximate surface area is 129 Å². The third-order valence-electron chi connectivity index (χ3n) is 3.22. The molecule has 3 nitrogen and oxygen atoms in total. The second kappa shape index (κ2) is 5.78. The molecule has 0 aliphatic carbocycles. The number of phenols is 1. The van der Waals surface area contributed by atoms with E-state index in [1.807, 2.05) is 24.3 Å². The summed E-state index contributed by atoms with van der Waals surface area (Å²) < 4.78 is 0. The molecule has 0 unspecified atom stereocenters. The fraction of sp³-hybridized carbons (Fsp3) is 0.235. The van der Waals surface area contributed by atoms with Gasteiger partial charge in [0.2, 0.25) is 0 Å². The molecule has 0 aromatic heterocycles. The van der Waals surface area contributed by atoms with E-state index >= 15 is 0 Å². The highest BCUT2D eigenvalue weighted by molar-refractivity contribution is 6.32. The molecule has 4 heteroatoms. The summed E-state index contributed by atoms with van der Waals surface area (Å²) in [5, 5.41) is 12.3. The van der Waals surface area contributed by atoms with E-state index in [1.165, 1.54) is 23.8 Å². The molecule has 0 aliphatic rings. The molecule has 0 radical (unpaired) electrons. The average molecular weight is 304 g/mol. The Hall–Kier alpha value is -2.00. The van der Waals surface area contributed by atoms with Crippen molar-refractivity contribution in [3.8, 4) is 5.75 Å². The van der Waals surface area contributed by atoms with E-state index in [-0.39, 0.29) is 22.1 Å². The largest absolute Gasteiger partial charge is 0.506 e. The third-order valence-corrected chi connectivity index (χ3v) is 3.52. The zero-order chi connectivity index (χ0) is 15.6. The van der Waals surface area contributed by atoms with Crippen LogP contribution in [0.15, 0.2) is 42.5 Å². The Kier molecular flexibility index (Phi) is 4.24. The highest BCUT2D eigenvalue weighted by Crippen LogP contribution is 2.25. The summed E-state index contributed by atoms with van der Waals surface area (Å²) in [6.07, 6.45) is 0. The SMILES string of the molecule is CC(C)(C)c1ccc(NC(=O)c2ccc(O)c(Cl)c2)cc1. The van der Waals surface area contributed by atoms with E-state index in [1.54, 1.807) is 0 Å². The van der Waals surface area contributed by atoms with Gasteiger partial charge in [-0.3, -0.25) is 4.79 Å². The molecule has 2 rings (SSSR count). The normalized spacial score (nSPS) is 11.2. The number of anilines is 1. The smallest absolute Gasteiger partial charge is 0.255 e. The summed E-state index contributed by atoms with van der Waals surface area (Å²) in [6, 6.07) is 12.1. The molecular formula is C17H18ClNO2. The number of benzene rings is 2. The zero-order valence-electron chi connectivity index (χ0n) is 12.3. The first-order valence-corrected chi connectivity index (χ1v) is 7.05. The lowest BCUT2D eigenvalue weighted by Gasteiger charge is -2.19. The van der Waals surface area contributed by atoms with Gasteiger partial charge in [0, 0.05) is 11.3 Å². The van der Waals surface area contributed by atoms with Crippen LogP contribution in [0.3, 0.4) is 0 Å². The molecule has 2 aromatic rings. The molecule has 1 amide bonds. The third kappa shape index (κ3) is 3.76. The van der Waals surface area contributed by atoms with Gasteiger partial charge < -0.3 is 10.4 Å². The Morgan fingerprint density at radius 1 is 1.10 bits per heavy atom. The van der Waals surface area contributed by atoms with Gasteiger partial charge in [-0.2, -0.15) is 0 Å². The van der Waals surface area contributed by atoms with Gasteiger partial charge in [-0.05, 0) is 41.3 Å². The molecule has 0 fully saturated rings. The van der Waals surface area contributed by atoms with E-state index < -0.39 is 0 Å². The quantitative estimate of drug-likeness (QED) is 0.852. The minimum absolute atomic E-state index is 0.0391. The standard InChI is InChI=1S/C17H18ClNO2/c1-17(2,3)12-5-7-13(8-6-12)19-16(21)11-4-9-15(20)14(18)10-11/h4-10,20H,1-3H3,(H,19,21). The molecule has 21 heavy (non-hydrogen) atoms. The Morgan fingerprint density at radius 2 is 1.71 bits per heavy atom. The summed E-state index contributed by atoms with van der Waals surface area (Å²) in [5.74, 6) is -0.303.